The highest BCUT2D eigenvalue weighted by Gasteiger charge is 2.37. The van der Waals surface area contributed by atoms with Crippen LogP contribution in [-0.2, 0) is 21.6 Å². The minimum atomic E-state index is -1.70. The van der Waals surface area contributed by atoms with Crippen molar-refractivity contribution in [3.63, 3.8) is 0 Å². The average Bonchev–Trinajstić information content (AvgIpc) is 2.44. The Morgan fingerprint density at radius 2 is 2.00 bits per heavy atom. The zero-order valence-electron chi connectivity index (χ0n) is 14.3. The van der Waals surface area contributed by atoms with E-state index in [-0.39, 0.29) is 6.61 Å². The van der Waals surface area contributed by atoms with Crippen molar-refractivity contribution in [3.8, 4) is 5.75 Å². The minimum Gasteiger partial charge on any atom is -0.547 e. The molecule has 0 aliphatic carbocycles. The molecular weight excluding hydrogens is 296 g/mol. The molecule has 1 atom stereocenters. The standard InChI is InChI=1S/C17H28O4Si/c1-6-8-9-13-10-11-14(15(12-13)21-22(4)5)17(3,19)16(18)20-7-2/h10-12,19,22H,6-9H2,1-5H3. The number of carbonyl (C=O) groups excluding carboxylic acids is 1. The topological polar surface area (TPSA) is 55.8 Å². The smallest absolute Gasteiger partial charge is 0.342 e. The Hall–Kier alpha value is -1.33. The van der Waals surface area contributed by atoms with Crippen LogP contribution in [-0.4, -0.2) is 26.7 Å². The SMILES string of the molecule is CCCCc1ccc(C(C)(O)C(=O)OCC)c(O[SiH](C)C)c1. The first-order valence-electron chi connectivity index (χ1n) is 8.02. The van der Waals surface area contributed by atoms with Crippen LogP contribution in [0.15, 0.2) is 18.2 Å². The fraction of sp³-hybridized carbons (Fsp3) is 0.588. The van der Waals surface area contributed by atoms with Crippen molar-refractivity contribution in [2.75, 3.05) is 6.61 Å². The molecule has 0 saturated carbocycles. The molecule has 0 fully saturated rings. The van der Waals surface area contributed by atoms with Gasteiger partial charge in [0, 0.05) is 5.56 Å². The second-order valence-electron chi connectivity index (χ2n) is 5.89. The van der Waals surface area contributed by atoms with Gasteiger partial charge in [0.2, 0.25) is 9.04 Å². The number of unbranched alkanes of at least 4 members (excludes halogenated alkanes) is 1. The van der Waals surface area contributed by atoms with Gasteiger partial charge in [-0.15, -0.1) is 0 Å². The highest BCUT2D eigenvalue weighted by atomic mass is 28.3. The predicted octanol–water partition coefficient (Wildman–Crippen LogP) is 3.16. The molecule has 0 aromatic heterocycles. The summed E-state index contributed by atoms with van der Waals surface area (Å²) in [5.41, 5.74) is -0.0555. The number of benzene rings is 1. The maximum atomic E-state index is 12.0. The molecular formula is C17H28O4Si. The molecule has 1 aromatic rings. The molecule has 1 N–H and O–H groups in total. The molecule has 1 unspecified atom stereocenters. The molecule has 124 valence electrons. The monoisotopic (exact) mass is 324 g/mol. The number of carbonyl (C=O) groups is 1. The molecule has 0 heterocycles. The zero-order valence-corrected chi connectivity index (χ0v) is 15.5. The van der Waals surface area contributed by atoms with Gasteiger partial charge in [0.25, 0.3) is 0 Å². The zero-order chi connectivity index (χ0) is 16.8. The Labute approximate surface area is 135 Å². The van der Waals surface area contributed by atoms with E-state index < -0.39 is 20.6 Å². The Kier molecular flexibility index (Phi) is 7.09. The van der Waals surface area contributed by atoms with E-state index in [1.54, 1.807) is 13.0 Å². The van der Waals surface area contributed by atoms with Crippen molar-refractivity contribution in [2.45, 2.75) is 58.7 Å². The number of hydrogen-bond acceptors (Lipinski definition) is 4. The lowest BCUT2D eigenvalue weighted by molar-refractivity contribution is -0.164. The summed E-state index contributed by atoms with van der Waals surface area (Å²) < 4.78 is 10.9. The summed E-state index contributed by atoms with van der Waals surface area (Å²) in [6, 6.07) is 5.69. The van der Waals surface area contributed by atoms with Crippen LogP contribution in [0.1, 0.15) is 44.7 Å². The molecule has 0 amide bonds. The second kappa shape index (κ2) is 8.34. The van der Waals surface area contributed by atoms with Crippen molar-refractivity contribution < 1.29 is 19.1 Å². The van der Waals surface area contributed by atoms with Crippen LogP contribution in [0.2, 0.25) is 13.1 Å². The van der Waals surface area contributed by atoms with Crippen molar-refractivity contribution in [1.82, 2.24) is 0 Å². The van der Waals surface area contributed by atoms with E-state index in [1.807, 2.05) is 12.1 Å². The summed E-state index contributed by atoms with van der Waals surface area (Å²) in [5.74, 6) is -0.0418. The predicted molar refractivity (Wildman–Crippen MR) is 90.8 cm³/mol. The minimum absolute atomic E-state index is 0.235. The Bertz CT molecular complexity index is 497. The van der Waals surface area contributed by atoms with E-state index in [0.717, 1.165) is 24.8 Å². The molecule has 0 bridgehead atoms. The van der Waals surface area contributed by atoms with E-state index in [4.69, 9.17) is 9.16 Å². The number of esters is 1. The summed E-state index contributed by atoms with van der Waals surface area (Å²) in [4.78, 5) is 12.0. The number of hydrogen-bond donors (Lipinski definition) is 1. The third kappa shape index (κ3) is 4.85. The number of aliphatic hydroxyl groups is 1. The van der Waals surface area contributed by atoms with Gasteiger partial charge in [-0.2, -0.15) is 0 Å². The highest BCUT2D eigenvalue weighted by Crippen LogP contribution is 2.33. The molecule has 5 heteroatoms. The van der Waals surface area contributed by atoms with E-state index >= 15 is 0 Å². The fourth-order valence-electron chi connectivity index (χ4n) is 2.24. The van der Waals surface area contributed by atoms with E-state index in [1.165, 1.54) is 6.92 Å². The second-order valence-corrected chi connectivity index (χ2v) is 8.23. The lowest BCUT2D eigenvalue weighted by Gasteiger charge is -2.25. The van der Waals surface area contributed by atoms with Gasteiger partial charge < -0.3 is 14.3 Å². The average molecular weight is 324 g/mol. The first-order valence-corrected chi connectivity index (χ1v) is 10.8. The fourth-order valence-corrected chi connectivity index (χ4v) is 2.94. The van der Waals surface area contributed by atoms with Gasteiger partial charge in [0.05, 0.1) is 6.61 Å². The third-order valence-corrected chi connectivity index (χ3v) is 4.15. The van der Waals surface area contributed by atoms with Crippen LogP contribution in [0.5, 0.6) is 5.75 Å². The first-order chi connectivity index (χ1) is 10.3. The molecule has 0 radical (unpaired) electrons. The summed E-state index contributed by atoms with van der Waals surface area (Å²) in [6.07, 6.45) is 3.19. The number of rotatable bonds is 8. The maximum Gasteiger partial charge on any atom is 0.342 e. The Morgan fingerprint density at radius 3 is 2.55 bits per heavy atom. The number of aryl methyl sites for hydroxylation is 1. The normalized spacial score (nSPS) is 13.8. The van der Waals surface area contributed by atoms with Gasteiger partial charge in [-0.1, -0.05) is 25.5 Å². The van der Waals surface area contributed by atoms with Gasteiger partial charge in [0.15, 0.2) is 5.60 Å². The lowest BCUT2D eigenvalue weighted by Crippen LogP contribution is -2.35. The quantitative estimate of drug-likeness (QED) is 0.589. The molecule has 0 spiro atoms. The van der Waals surface area contributed by atoms with Crippen molar-refractivity contribution in [3.05, 3.63) is 29.3 Å². The van der Waals surface area contributed by atoms with Gasteiger partial charge in [-0.25, -0.2) is 4.79 Å². The largest absolute Gasteiger partial charge is 0.547 e. The molecule has 22 heavy (non-hydrogen) atoms. The highest BCUT2D eigenvalue weighted by molar-refractivity contribution is 6.49. The Balaban J connectivity index is 3.18. The van der Waals surface area contributed by atoms with Crippen LogP contribution < -0.4 is 4.43 Å². The van der Waals surface area contributed by atoms with Gasteiger partial charge in [-0.3, -0.25) is 0 Å². The summed E-state index contributed by atoms with van der Waals surface area (Å²) >= 11 is 0. The van der Waals surface area contributed by atoms with Crippen molar-refractivity contribution in [1.29, 1.82) is 0 Å². The number of ether oxygens (including phenoxy) is 1. The van der Waals surface area contributed by atoms with Crippen LogP contribution in [0.3, 0.4) is 0 Å². The van der Waals surface area contributed by atoms with Crippen LogP contribution >= 0.6 is 0 Å². The summed E-state index contributed by atoms with van der Waals surface area (Å²) in [6.45, 7) is 9.68. The first kappa shape index (κ1) is 18.7. The van der Waals surface area contributed by atoms with Crippen LogP contribution in [0.25, 0.3) is 0 Å². The van der Waals surface area contributed by atoms with Crippen LogP contribution in [0, 0.1) is 0 Å². The molecule has 0 aliphatic heterocycles. The van der Waals surface area contributed by atoms with E-state index in [2.05, 4.69) is 20.0 Å². The lowest BCUT2D eigenvalue weighted by atomic mass is 9.93. The molecule has 0 aliphatic rings. The summed E-state index contributed by atoms with van der Waals surface area (Å²) in [7, 11) is -1.36. The maximum absolute atomic E-state index is 12.0. The molecule has 1 rings (SSSR count). The van der Waals surface area contributed by atoms with Gasteiger partial charge in [-0.05, 0) is 51.4 Å². The van der Waals surface area contributed by atoms with Gasteiger partial charge in [0.1, 0.15) is 5.75 Å². The molecule has 4 nitrogen and oxygen atoms in total. The van der Waals surface area contributed by atoms with Gasteiger partial charge >= 0.3 is 5.97 Å². The molecule has 0 saturated heterocycles. The summed E-state index contributed by atoms with van der Waals surface area (Å²) in [5, 5.41) is 10.6. The van der Waals surface area contributed by atoms with E-state index in [0.29, 0.717) is 11.3 Å². The van der Waals surface area contributed by atoms with Crippen LogP contribution in [0.4, 0.5) is 0 Å². The van der Waals surface area contributed by atoms with Crippen molar-refractivity contribution in [2.24, 2.45) is 0 Å². The van der Waals surface area contributed by atoms with E-state index in [9.17, 15) is 9.90 Å². The van der Waals surface area contributed by atoms with Crippen molar-refractivity contribution >= 4 is 15.0 Å². The Morgan fingerprint density at radius 1 is 1.32 bits per heavy atom. The third-order valence-electron chi connectivity index (χ3n) is 3.43. The molecule has 1 aromatic carbocycles.